The molecule has 0 fully saturated rings. The lowest BCUT2D eigenvalue weighted by Gasteiger charge is -2.09. The zero-order valence-electron chi connectivity index (χ0n) is 15.2. The quantitative estimate of drug-likeness (QED) is 0.482. The van der Waals surface area contributed by atoms with E-state index in [9.17, 15) is 9.18 Å². The molecule has 144 valence electrons. The van der Waals surface area contributed by atoms with Crippen molar-refractivity contribution >= 4 is 34.8 Å². The first-order chi connectivity index (χ1) is 13.5. The Kier molecular flexibility index (Phi) is 6.33. The summed E-state index contributed by atoms with van der Waals surface area (Å²) >= 11 is 5.28. The predicted octanol–water partition coefficient (Wildman–Crippen LogP) is 4.06. The van der Waals surface area contributed by atoms with Crippen molar-refractivity contribution in [2.24, 2.45) is 0 Å². The third-order valence-corrected chi connectivity index (χ3v) is 4.03. The zero-order valence-corrected chi connectivity index (χ0v) is 16.0. The van der Waals surface area contributed by atoms with E-state index >= 15 is 0 Å². The number of anilines is 2. The molecular weight excluding hydrogens is 379 g/mol. The van der Waals surface area contributed by atoms with E-state index in [0.717, 1.165) is 5.69 Å². The van der Waals surface area contributed by atoms with Gasteiger partial charge in [-0.3, -0.25) is 4.68 Å². The molecule has 2 aromatic carbocycles. The largest absolute Gasteiger partial charge is 0.462 e. The highest BCUT2D eigenvalue weighted by molar-refractivity contribution is 7.80. The molecule has 0 aliphatic carbocycles. The number of rotatable bonds is 6. The molecule has 1 aromatic heterocycles. The van der Waals surface area contributed by atoms with Crippen LogP contribution in [0.5, 0.6) is 0 Å². The smallest absolute Gasteiger partial charge is 0.338 e. The van der Waals surface area contributed by atoms with Gasteiger partial charge in [0, 0.05) is 23.5 Å². The van der Waals surface area contributed by atoms with Crippen molar-refractivity contribution in [2.45, 2.75) is 13.5 Å². The molecule has 8 heteroatoms. The first kappa shape index (κ1) is 19.5. The van der Waals surface area contributed by atoms with Gasteiger partial charge in [-0.05, 0) is 49.5 Å². The number of ether oxygens (including phenoxy) is 1. The number of carbonyl (C=O) groups is 1. The minimum absolute atomic E-state index is 0.268. The Bertz CT molecular complexity index is 972. The van der Waals surface area contributed by atoms with Crippen LogP contribution in [0.25, 0.3) is 0 Å². The van der Waals surface area contributed by atoms with E-state index in [0.29, 0.717) is 35.2 Å². The van der Waals surface area contributed by atoms with E-state index in [2.05, 4.69) is 15.7 Å². The summed E-state index contributed by atoms with van der Waals surface area (Å²) in [4.78, 5) is 11.7. The van der Waals surface area contributed by atoms with Gasteiger partial charge in [0.05, 0.1) is 18.7 Å². The molecule has 2 N–H and O–H groups in total. The molecule has 0 saturated heterocycles. The lowest BCUT2D eigenvalue weighted by molar-refractivity contribution is 0.0526. The second-order valence-electron chi connectivity index (χ2n) is 5.87. The summed E-state index contributed by atoms with van der Waals surface area (Å²) in [5, 5.41) is 10.7. The lowest BCUT2D eigenvalue weighted by Crippen LogP contribution is -2.19. The summed E-state index contributed by atoms with van der Waals surface area (Å²) in [6, 6.07) is 15.1. The Morgan fingerprint density at radius 3 is 2.61 bits per heavy atom. The number of hydrogen-bond donors (Lipinski definition) is 2. The molecule has 0 amide bonds. The van der Waals surface area contributed by atoms with Crippen molar-refractivity contribution in [3.05, 3.63) is 77.7 Å². The van der Waals surface area contributed by atoms with Crippen molar-refractivity contribution in [3.8, 4) is 0 Å². The molecule has 1 heterocycles. The average molecular weight is 398 g/mol. The van der Waals surface area contributed by atoms with Crippen molar-refractivity contribution in [1.82, 2.24) is 9.78 Å². The van der Waals surface area contributed by atoms with Crippen LogP contribution in [0.2, 0.25) is 0 Å². The fourth-order valence-electron chi connectivity index (χ4n) is 2.50. The topological polar surface area (TPSA) is 68.2 Å². The van der Waals surface area contributed by atoms with Crippen LogP contribution >= 0.6 is 12.2 Å². The minimum atomic E-state index is -0.366. The number of thiocarbonyl (C=S) groups is 1. The number of halogens is 1. The number of esters is 1. The molecular formula is C20H19FN4O2S. The van der Waals surface area contributed by atoms with E-state index in [4.69, 9.17) is 17.0 Å². The third-order valence-electron chi connectivity index (χ3n) is 3.83. The van der Waals surface area contributed by atoms with Crippen molar-refractivity contribution in [2.75, 3.05) is 17.2 Å². The fraction of sp³-hybridized carbons (Fsp3) is 0.150. The van der Waals surface area contributed by atoms with Crippen molar-refractivity contribution in [3.63, 3.8) is 0 Å². The van der Waals surface area contributed by atoms with Crippen LogP contribution in [0.15, 0.2) is 60.8 Å². The maximum absolute atomic E-state index is 13.7. The minimum Gasteiger partial charge on any atom is -0.462 e. The van der Waals surface area contributed by atoms with Crippen LogP contribution in [0.3, 0.4) is 0 Å². The molecule has 0 atom stereocenters. The summed E-state index contributed by atoms with van der Waals surface area (Å²) in [7, 11) is 0. The molecule has 0 aliphatic heterocycles. The summed E-state index contributed by atoms with van der Waals surface area (Å²) in [6.07, 6.45) is 1.74. The average Bonchev–Trinajstić information content (AvgIpc) is 3.11. The monoisotopic (exact) mass is 398 g/mol. The number of benzene rings is 2. The van der Waals surface area contributed by atoms with Gasteiger partial charge in [-0.25, -0.2) is 9.18 Å². The Labute approximate surface area is 167 Å². The van der Waals surface area contributed by atoms with Gasteiger partial charge < -0.3 is 15.4 Å². The predicted molar refractivity (Wildman–Crippen MR) is 110 cm³/mol. The molecule has 0 unspecified atom stereocenters. The van der Waals surface area contributed by atoms with Crippen LogP contribution in [-0.4, -0.2) is 27.5 Å². The van der Waals surface area contributed by atoms with Crippen LogP contribution in [0.4, 0.5) is 15.9 Å². The van der Waals surface area contributed by atoms with Gasteiger partial charge in [0.2, 0.25) is 0 Å². The SMILES string of the molecule is CCOC(=O)c1ccc(NC(=S)Nc2ccn(Cc3ccccc3F)n2)cc1. The molecule has 6 nitrogen and oxygen atoms in total. The maximum Gasteiger partial charge on any atom is 0.338 e. The third kappa shape index (κ3) is 5.14. The number of aromatic nitrogens is 2. The molecule has 3 rings (SSSR count). The first-order valence-electron chi connectivity index (χ1n) is 8.67. The summed E-state index contributed by atoms with van der Waals surface area (Å²) in [5.41, 5.74) is 1.74. The van der Waals surface area contributed by atoms with E-state index in [-0.39, 0.29) is 11.8 Å². The Balaban J connectivity index is 1.56. The van der Waals surface area contributed by atoms with E-state index in [1.165, 1.54) is 6.07 Å². The molecule has 0 saturated carbocycles. The normalized spacial score (nSPS) is 10.4. The number of hydrogen-bond acceptors (Lipinski definition) is 4. The zero-order chi connectivity index (χ0) is 19.9. The standard InChI is InChI=1S/C20H19FN4O2S/c1-2-27-19(26)14-7-9-16(10-8-14)22-20(28)23-18-11-12-25(24-18)13-15-5-3-4-6-17(15)21/h3-12H,2,13H2,1H3,(H2,22,23,24,28). The molecule has 0 aliphatic rings. The number of nitrogens with zero attached hydrogens (tertiary/aromatic N) is 2. The maximum atomic E-state index is 13.7. The van der Waals surface area contributed by atoms with Crippen molar-refractivity contribution < 1.29 is 13.9 Å². The molecule has 0 radical (unpaired) electrons. The number of carbonyl (C=O) groups excluding carboxylic acids is 1. The van der Waals surface area contributed by atoms with E-state index in [1.54, 1.807) is 66.3 Å². The second-order valence-corrected chi connectivity index (χ2v) is 6.28. The lowest BCUT2D eigenvalue weighted by atomic mass is 10.2. The molecule has 3 aromatic rings. The van der Waals surface area contributed by atoms with Crippen LogP contribution in [0, 0.1) is 5.82 Å². The highest BCUT2D eigenvalue weighted by atomic mass is 32.1. The van der Waals surface area contributed by atoms with Gasteiger partial charge in [0.15, 0.2) is 10.9 Å². The van der Waals surface area contributed by atoms with Crippen molar-refractivity contribution in [1.29, 1.82) is 0 Å². The summed E-state index contributed by atoms with van der Waals surface area (Å²) in [6.45, 7) is 2.41. The summed E-state index contributed by atoms with van der Waals surface area (Å²) in [5.74, 6) is -0.0944. The Morgan fingerprint density at radius 1 is 1.14 bits per heavy atom. The van der Waals surface area contributed by atoms with Gasteiger partial charge in [0.25, 0.3) is 0 Å². The molecule has 0 spiro atoms. The second kappa shape index (κ2) is 9.09. The van der Waals surface area contributed by atoms with Crippen LogP contribution in [-0.2, 0) is 11.3 Å². The first-order valence-corrected chi connectivity index (χ1v) is 9.08. The van der Waals surface area contributed by atoms with Gasteiger partial charge in [-0.15, -0.1) is 0 Å². The van der Waals surface area contributed by atoms with Gasteiger partial charge >= 0.3 is 5.97 Å². The Morgan fingerprint density at radius 2 is 1.89 bits per heavy atom. The van der Waals surface area contributed by atoms with Gasteiger partial charge in [-0.1, -0.05) is 18.2 Å². The van der Waals surface area contributed by atoms with E-state index < -0.39 is 0 Å². The highest BCUT2D eigenvalue weighted by Crippen LogP contribution is 2.13. The van der Waals surface area contributed by atoms with Gasteiger partial charge in [-0.2, -0.15) is 5.10 Å². The molecule has 0 bridgehead atoms. The van der Waals surface area contributed by atoms with Crippen LogP contribution < -0.4 is 10.6 Å². The fourth-order valence-corrected chi connectivity index (χ4v) is 2.72. The Hall–Kier alpha value is -3.26. The highest BCUT2D eigenvalue weighted by Gasteiger charge is 2.08. The van der Waals surface area contributed by atoms with Crippen LogP contribution in [0.1, 0.15) is 22.8 Å². The number of nitrogens with one attached hydrogen (secondary N) is 2. The molecule has 28 heavy (non-hydrogen) atoms. The summed E-state index contributed by atoms with van der Waals surface area (Å²) < 4.78 is 20.3. The van der Waals surface area contributed by atoms with E-state index in [1.807, 2.05) is 0 Å². The van der Waals surface area contributed by atoms with Gasteiger partial charge in [0.1, 0.15) is 5.82 Å².